The van der Waals surface area contributed by atoms with E-state index in [4.69, 9.17) is 16.7 Å². The molecule has 0 aliphatic rings. The molecular formula is C12H14ClNO2. The van der Waals surface area contributed by atoms with E-state index in [-0.39, 0.29) is 5.92 Å². The Morgan fingerprint density at radius 2 is 1.94 bits per heavy atom. The SMILES string of the molecule is CC(C)[C@@H](N=Cc1ccc(Cl)cc1)C(=O)O. The Kier molecular flexibility index (Phi) is 4.50. The molecule has 1 aromatic rings. The zero-order valence-electron chi connectivity index (χ0n) is 9.22. The topological polar surface area (TPSA) is 49.7 Å². The zero-order chi connectivity index (χ0) is 12.1. The number of hydrogen-bond donors (Lipinski definition) is 1. The fourth-order valence-corrected chi connectivity index (χ4v) is 1.36. The van der Waals surface area contributed by atoms with E-state index in [1.54, 1.807) is 30.5 Å². The standard InChI is InChI=1S/C12H14ClNO2/c1-8(2)11(12(15)16)14-7-9-3-5-10(13)6-4-9/h3-8,11H,1-2H3,(H,15,16)/t11-/m1/s1. The smallest absolute Gasteiger partial charge is 0.328 e. The van der Waals surface area contributed by atoms with Gasteiger partial charge in [-0.25, -0.2) is 4.79 Å². The lowest BCUT2D eigenvalue weighted by molar-refractivity contribution is -0.139. The molecule has 0 aliphatic heterocycles. The molecule has 0 unspecified atom stereocenters. The van der Waals surface area contributed by atoms with Crippen LogP contribution in [0.4, 0.5) is 0 Å². The summed E-state index contributed by atoms with van der Waals surface area (Å²) in [6.07, 6.45) is 1.56. The number of carboxylic acids is 1. The van der Waals surface area contributed by atoms with Gasteiger partial charge in [-0.2, -0.15) is 0 Å². The molecule has 16 heavy (non-hydrogen) atoms. The third kappa shape index (κ3) is 3.66. The molecule has 1 rings (SSSR count). The second kappa shape index (κ2) is 5.66. The van der Waals surface area contributed by atoms with Crippen molar-refractivity contribution in [2.75, 3.05) is 0 Å². The second-order valence-electron chi connectivity index (χ2n) is 3.86. The summed E-state index contributed by atoms with van der Waals surface area (Å²) < 4.78 is 0. The van der Waals surface area contributed by atoms with Crippen LogP contribution in [0.5, 0.6) is 0 Å². The Bertz CT molecular complexity index is 385. The summed E-state index contributed by atoms with van der Waals surface area (Å²) in [5, 5.41) is 9.58. The van der Waals surface area contributed by atoms with Crippen LogP contribution in [0.3, 0.4) is 0 Å². The predicted octanol–water partition coefficient (Wildman–Crippen LogP) is 2.87. The quantitative estimate of drug-likeness (QED) is 0.822. The molecule has 0 saturated carbocycles. The number of nitrogens with zero attached hydrogens (tertiary/aromatic N) is 1. The average Bonchev–Trinajstić information content (AvgIpc) is 2.20. The third-order valence-corrected chi connectivity index (χ3v) is 2.39. The van der Waals surface area contributed by atoms with Crippen molar-refractivity contribution in [2.45, 2.75) is 19.9 Å². The minimum absolute atomic E-state index is 0.0268. The number of rotatable bonds is 4. The molecule has 0 amide bonds. The van der Waals surface area contributed by atoms with Crippen molar-refractivity contribution in [1.82, 2.24) is 0 Å². The Labute approximate surface area is 99.8 Å². The first-order chi connectivity index (χ1) is 7.50. The van der Waals surface area contributed by atoms with Gasteiger partial charge in [0.15, 0.2) is 0 Å². The van der Waals surface area contributed by atoms with Crippen LogP contribution in [0.2, 0.25) is 5.02 Å². The lowest BCUT2D eigenvalue weighted by Crippen LogP contribution is -2.24. The van der Waals surface area contributed by atoms with E-state index in [9.17, 15) is 4.79 Å². The van der Waals surface area contributed by atoms with Crippen LogP contribution < -0.4 is 0 Å². The molecule has 1 N–H and O–H groups in total. The van der Waals surface area contributed by atoms with Gasteiger partial charge in [0.2, 0.25) is 0 Å². The lowest BCUT2D eigenvalue weighted by atomic mass is 10.1. The molecule has 1 aromatic carbocycles. The van der Waals surface area contributed by atoms with Crippen molar-refractivity contribution in [3.8, 4) is 0 Å². The van der Waals surface area contributed by atoms with Gasteiger partial charge in [-0.05, 0) is 23.6 Å². The number of benzene rings is 1. The highest BCUT2D eigenvalue weighted by Gasteiger charge is 2.18. The van der Waals surface area contributed by atoms with Gasteiger partial charge in [-0.3, -0.25) is 4.99 Å². The first-order valence-electron chi connectivity index (χ1n) is 5.02. The van der Waals surface area contributed by atoms with Gasteiger partial charge in [0.25, 0.3) is 0 Å². The normalized spacial score (nSPS) is 13.2. The lowest BCUT2D eigenvalue weighted by Gasteiger charge is -2.10. The summed E-state index contributed by atoms with van der Waals surface area (Å²) in [7, 11) is 0. The van der Waals surface area contributed by atoms with Crippen molar-refractivity contribution in [2.24, 2.45) is 10.9 Å². The predicted molar refractivity (Wildman–Crippen MR) is 65.3 cm³/mol. The van der Waals surface area contributed by atoms with E-state index in [2.05, 4.69) is 4.99 Å². The van der Waals surface area contributed by atoms with Crippen LogP contribution in [-0.2, 0) is 4.79 Å². The first-order valence-corrected chi connectivity index (χ1v) is 5.40. The number of carbonyl (C=O) groups is 1. The van der Waals surface area contributed by atoms with E-state index >= 15 is 0 Å². The van der Waals surface area contributed by atoms with E-state index in [0.717, 1.165) is 5.56 Å². The van der Waals surface area contributed by atoms with Crippen molar-refractivity contribution in [3.63, 3.8) is 0 Å². The second-order valence-corrected chi connectivity index (χ2v) is 4.29. The molecule has 0 fully saturated rings. The Balaban J connectivity index is 2.78. The van der Waals surface area contributed by atoms with Crippen LogP contribution in [0.1, 0.15) is 19.4 Å². The van der Waals surface area contributed by atoms with Gasteiger partial charge in [0.1, 0.15) is 6.04 Å². The van der Waals surface area contributed by atoms with Gasteiger partial charge in [0.05, 0.1) is 0 Å². The van der Waals surface area contributed by atoms with Gasteiger partial charge < -0.3 is 5.11 Å². The van der Waals surface area contributed by atoms with Gasteiger partial charge in [-0.15, -0.1) is 0 Å². The van der Waals surface area contributed by atoms with Gasteiger partial charge >= 0.3 is 5.97 Å². The highest BCUT2D eigenvalue weighted by Crippen LogP contribution is 2.10. The molecule has 0 aromatic heterocycles. The number of halogens is 1. The molecule has 0 saturated heterocycles. The minimum Gasteiger partial charge on any atom is -0.480 e. The molecule has 3 nitrogen and oxygen atoms in total. The van der Waals surface area contributed by atoms with Crippen LogP contribution in [0, 0.1) is 5.92 Å². The number of hydrogen-bond acceptors (Lipinski definition) is 2. The van der Waals surface area contributed by atoms with Crippen LogP contribution in [-0.4, -0.2) is 23.3 Å². The number of aliphatic carboxylic acids is 1. The summed E-state index contributed by atoms with van der Waals surface area (Å²) in [6.45, 7) is 3.66. The van der Waals surface area contributed by atoms with Crippen molar-refractivity contribution in [3.05, 3.63) is 34.9 Å². The summed E-state index contributed by atoms with van der Waals surface area (Å²) in [5.74, 6) is -0.929. The Morgan fingerprint density at radius 3 is 2.38 bits per heavy atom. The minimum atomic E-state index is -0.903. The largest absolute Gasteiger partial charge is 0.480 e. The number of aliphatic imine (C=N–C) groups is 1. The van der Waals surface area contributed by atoms with Crippen LogP contribution >= 0.6 is 11.6 Å². The average molecular weight is 240 g/mol. The van der Waals surface area contributed by atoms with Crippen LogP contribution in [0.15, 0.2) is 29.3 Å². The van der Waals surface area contributed by atoms with Gasteiger partial charge in [-0.1, -0.05) is 37.6 Å². The molecule has 1 atom stereocenters. The summed E-state index contributed by atoms with van der Waals surface area (Å²) in [4.78, 5) is 14.9. The monoisotopic (exact) mass is 239 g/mol. The maximum Gasteiger partial charge on any atom is 0.328 e. The van der Waals surface area contributed by atoms with E-state index in [0.29, 0.717) is 5.02 Å². The summed E-state index contributed by atoms with van der Waals surface area (Å²) in [5.41, 5.74) is 0.844. The maximum atomic E-state index is 10.9. The Hall–Kier alpha value is -1.35. The van der Waals surface area contributed by atoms with E-state index < -0.39 is 12.0 Å². The molecule has 0 aliphatic carbocycles. The molecule has 0 radical (unpaired) electrons. The molecule has 0 spiro atoms. The fourth-order valence-electron chi connectivity index (χ4n) is 1.24. The van der Waals surface area contributed by atoms with E-state index in [1.165, 1.54) is 0 Å². The highest BCUT2D eigenvalue weighted by atomic mass is 35.5. The van der Waals surface area contributed by atoms with Gasteiger partial charge in [0, 0.05) is 11.2 Å². The fraction of sp³-hybridized carbons (Fsp3) is 0.333. The van der Waals surface area contributed by atoms with Crippen molar-refractivity contribution >= 4 is 23.8 Å². The van der Waals surface area contributed by atoms with Crippen LogP contribution in [0.25, 0.3) is 0 Å². The van der Waals surface area contributed by atoms with Crippen molar-refractivity contribution in [1.29, 1.82) is 0 Å². The molecule has 4 heteroatoms. The highest BCUT2D eigenvalue weighted by molar-refractivity contribution is 6.30. The summed E-state index contributed by atoms with van der Waals surface area (Å²) >= 11 is 5.74. The molecule has 86 valence electrons. The molecular weight excluding hydrogens is 226 g/mol. The molecule has 0 heterocycles. The molecule has 0 bridgehead atoms. The third-order valence-electron chi connectivity index (χ3n) is 2.14. The van der Waals surface area contributed by atoms with Crippen molar-refractivity contribution < 1.29 is 9.90 Å². The Morgan fingerprint density at radius 1 is 1.38 bits per heavy atom. The maximum absolute atomic E-state index is 10.9. The summed E-state index contributed by atoms with van der Waals surface area (Å²) in [6, 6.07) is 6.38. The first kappa shape index (κ1) is 12.7. The number of carboxylic acid groups (broad SMARTS) is 1. The zero-order valence-corrected chi connectivity index (χ0v) is 9.98. The van der Waals surface area contributed by atoms with E-state index in [1.807, 2.05) is 13.8 Å².